The van der Waals surface area contributed by atoms with Gasteiger partial charge in [0.15, 0.2) is 0 Å². The molecule has 2 aliphatic carbocycles. The van der Waals surface area contributed by atoms with Crippen LogP contribution in [0.5, 0.6) is 0 Å². The number of nitrogens with zero attached hydrogens (tertiary/aromatic N) is 2. The number of para-hydroxylation sites is 1. The largest absolute Gasteiger partial charge is 0.383 e. The zero-order valence-electron chi connectivity index (χ0n) is 15.0. The first-order valence-electron chi connectivity index (χ1n) is 9.38. The Labute approximate surface area is 156 Å². The van der Waals surface area contributed by atoms with E-state index in [1.54, 1.807) is 6.07 Å². The molecule has 1 saturated carbocycles. The Hall–Kier alpha value is -2.76. The molecule has 3 aliphatic rings. The predicted octanol–water partition coefficient (Wildman–Crippen LogP) is 2.90. The Kier molecular flexibility index (Phi) is 3.57. The standard InChI is InChI=1S/C21H20FN3O2/c1-11-9-16(14-3-2-4-15(22)19(14)24-11)23-7-8-25-20(26)17-12-5-6-13(10-12)18(17)21(25)27/h2-6,9,12-13,17-18H,7-8,10H2,1H3,(H,23,24). The first kappa shape index (κ1) is 16.4. The second-order valence-electron chi connectivity index (χ2n) is 7.70. The molecule has 5 rings (SSSR count). The average molecular weight is 365 g/mol. The Morgan fingerprint density at radius 3 is 2.59 bits per heavy atom. The summed E-state index contributed by atoms with van der Waals surface area (Å²) in [5.41, 5.74) is 1.80. The Morgan fingerprint density at radius 1 is 1.19 bits per heavy atom. The van der Waals surface area contributed by atoms with Crippen molar-refractivity contribution in [1.82, 2.24) is 9.88 Å². The van der Waals surface area contributed by atoms with Gasteiger partial charge in [-0.25, -0.2) is 9.37 Å². The lowest BCUT2D eigenvalue weighted by atomic mass is 9.85. The number of aryl methyl sites for hydroxylation is 1. The number of carbonyl (C=O) groups excluding carboxylic acids is 2. The number of carbonyl (C=O) groups is 2. The van der Waals surface area contributed by atoms with Crippen molar-refractivity contribution in [2.75, 3.05) is 18.4 Å². The summed E-state index contributed by atoms with van der Waals surface area (Å²) < 4.78 is 14.0. The molecule has 2 amide bonds. The molecular formula is C21H20FN3O2. The monoisotopic (exact) mass is 365 g/mol. The maximum Gasteiger partial charge on any atom is 0.233 e. The van der Waals surface area contributed by atoms with E-state index >= 15 is 0 Å². The molecule has 1 saturated heterocycles. The van der Waals surface area contributed by atoms with Crippen LogP contribution in [0.2, 0.25) is 0 Å². The molecule has 1 aliphatic heterocycles. The molecule has 1 aromatic carbocycles. The van der Waals surface area contributed by atoms with Gasteiger partial charge in [-0.1, -0.05) is 24.3 Å². The van der Waals surface area contributed by atoms with Gasteiger partial charge in [-0.3, -0.25) is 14.5 Å². The van der Waals surface area contributed by atoms with E-state index in [1.165, 1.54) is 11.0 Å². The summed E-state index contributed by atoms with van der Waals surface area (Å²) in [6, 6.07) is 6.71. The number of benzene rings is 1. The van der Waals surface area contributed by atoms with E-state index in [4.69, 9.17) is 0 Å². The van der Waals surface area contributed by atoms with Gasteiger partial charge in [-0.15, -0.1) is 0 Å². The zero-order valence-corrected chi connectivity index (χ0v) is 15.0. The highest BCUT2D eigenvalue weighted by Crippen LogP contribution is 2.52. The summed E-state index contributed by atoms with van der Waals surface area (Å²) in [6.45, 7) is 2.56. The van der Waals surface area contributed by atoms with Crippen LogP contribution in [0.25, 0.3) is 10.9 Å². The molecule has 2 aromatic rings. The van der Waals surface area contributed by atoms with E-state index in [1.807, 2.05) is 19.1 Å². The van der Waals surface area contributed by atoms with E-state index < -0.39 is 0 Å². The Bertz CT molecular complexity index is 972. The van der Waals surface area contributed by atoms with Gasteiger partial charge >= 0.3 is 0 Å². The third-order valence-corrected chi connectivity index (χ3v) is 6.13. The molecular weight excluding hydrogens is 345 g/mol. The van der Waals surface area contributed by atoms with Gasteiger partial charge in [0.2, 0.25) is 11.8 Å². The molecule has 6 heteroatoms. The van der Waals surface area contributed by atoms with Gasteiger partial charge in [0, 0.05) is 29.9 Å². The minimum atomic E-state index is -0.361. The maximum atomic E-state index is 14.0. The number of likely N-dealkylation sites (tertiary alicyclic amines) is 1. The van der Waals surface area contributed by atoms with E-state index in [0.717, 1.165) is 12.1 Å². The summed E-state index contributed by atoms with van der Waals surface area (Å²) in [4.78, 5) is 31.1. The molecule has 0 radical (unpaired) electrons. The van der Waals surface area contributed by atoms with Crippen LogP contribution in [-0.4, -0.2) is 34.8 Å². The van der Waals surface area contributed by atoms with Crippen LogP contribution in [0.1, 0.15) is 12.1 Å². The number of aromatic nitrogens is 1. The van der Waals surface area contributed by atoms with Gasteiger partial charge in [-0.05, 0) is 37.3 Å². The van der Waals surface area contributed by atoms with Gasteiger partial charge < -0.3 is 5.32 Å². The number of rotatable bonds is 4. The van der Waals surface area contributed by atoms with Gasteiger partial charge in [0.1, 0.15) is 11.3 Å². The fourth-order valence-electron chi connectivity index (χ4n) is 4.97. The number of amides is 2. The third kappa shape index (κ3) is 2.39. The minimum absolute atomic E-state index is 0.0366. The van der Waals surface area contributed by atoms with Crippen LogP contribution in [0, 0.1) is 36.4 Å². The molecule has 1 aromatic heterocycles. The first-order chi connectivity index (χ1) is 13.0. The minimum Gasteiger partial charge on any atom is -0.383 e. The Balaban J connectivity index is 1.33. The van der Waals surface area contributed by atoms with Crippen LogP contribution in [-0.2, 0) is 9.59 Å². The highest BCUT2D eigenvalue weighted by atomic mass is 19.1. The van der Waals surface area contributed by atoms with Crippen molar-refractivity contribution < 1.29 is 14.0 Å². The van der Waals surface area contributed by atoms with Crippen molar-refractivity contribution in [1.29, 1.82) is 0 Å². The predicted molar refractivity (Wildman–Crippen MR) is 99.4 cm³/mol. The fraction of sp³-hybridized carbons (Fsp3) is 0.381. The highest BCUT2D eigenvalue weighted by molar-refractivity contribution is 6.06. The van der Waals surface area contributed by atoms with Crippen LogP contribution < -0.4 is 5.32 Å². The average Bonchev–Trinajstić information content (AvgIpc) is 3.32. The number of hydrogen-bond acceptors (Lipinski definition) is 4. The number of imide groups is 1. The quantitative estimate of drug-likeness (QED) is 0.669. The highest BCUT2D eigenvalue weighted by Gasteiger charge is 2.58. The molecule has 0 spiro atoms. The molecule has 138 valence electrons. The van der Waals surface area contributed by atoms with Gasteiger partial charge in [-0.2, -0.15) is 0 Å². The number of nitrogens with one attached hydrogen (secondary N) is 1. The second kappa shape index (κ2) is 5.87. The number of anilines is 1. The lowest BCUT2D eigenvalue weighted by Gasteiger charge is -2.18. The number of fused-ring (bicyclic) bond motifs is 6. The summed E-state index contributed by atoms with van der Waals surface area (Å²) in [6.07, 6.45) is 5.13. The number of allylic oxidation sites excluding steroid dienone is 2. The topological polar surface area (TPSA) is 62.3 Å². The van der Waals surface area contributed by atoms with Gasteiger partial charge in [0.25, 0.3) is 0 Å². The first-order valence-corrected chi connectivity index (χ1v) is 9.38. The molecule has 1 N–H and O–H groups in total. The molecule has 27 heavy (non-hydrogen) atoms. The van der Waals surface area contributed by atoms with Crippen molar-refractivity contribution in [2.24, 2.45) is 23.7 Å². The summed E-state index contributed by atoms with van der Waals surface area (Å²) in [5, 5.41) is 3.95. The number of halogens is 1. The normalized spacial score (nSPS) is 28.4. The Morgan fingerprint density at radius 2 is 1.89 bits per heavy atom. The zero-order chi connectivity index (χ0) is 18.7. The summed E-state index contributed by atoms with van der Waals surface area (Å²) in [5.74, 6) is -0.305. The smallest absolute Gasteiger partial charge is 0.233 e. The molecule has 2 heterocycles. The summed E-state index contributed by atoms with van der Waals surface area (Å²) in [7, 11) is 0. The maximum absolute atomic E-state index is 14.0. The second-order valence-corrected chi connectivity index (χ2v) is 7.70. The van der Waals surface area contributed by atoms with E-state index in [0.29, 0.717) is 29.7 Å². The fourth-order valence-corrected chi connectivity index (χ4v) is 4.97. The number of pyridine rings is 1. The number of hydrogen-bond donors (Lipinski definition) is 1. The van der Waals surface area contributed by atoms with Crippen LogP contribution in [0.15, 0.2) is 36.4 Å². The van der Waals surface area contributed by atoms with Crippen molar-refractivity contribution in [2.45, 2.75) is 13.3 Å². The van der Waals surface area contributed by atoms with E-state index in [9.17, 15) is 14.0 Å². The van der Waals surface area contributed by atoms with Crippen LogP contribution in [0.4, 0.5) is 10.1 Å². The van der Waals surface area contributed by atoms with Crippen LogP contribution in [0.3, 0.4) is 0 Å². The van der Waals surface area contributed by atoms with Crippen molar-refractivity contribution in [3.63, 3.8) is 0 Å². The lowest BCUT2D eigenvalue weighted by Crippen LogP contribution is -2.36. The molecule has 5 nitrogen and oxygen atoms in total. The molecule has 4 unspecified atom stereocenters. The SMILES string of the molecule is Cc1cc(NCCN2C(=O)C3C4C=CC(C4)C3C2=O)c2cccc(F)c2n1. The molecule has 2 fully saturated rings. The molecule has 2 bridgehead atoms. The summed E-state index contributed by atoms with van der Waals surface area (Å²) >= 11 is 0. The van der Waals surface area contributed by atoms with Crippen molar-refractivity contribution in [3.05, 3.63) is 47.9 Å². The van der Waals surface area contributed by atoms with Crippen LogP contribution >= 0.6 is 0 Å². The van der Waals surface area contributed by atoms with E-state index in [-0.39, 0.29) is 41.3 Å². The lowest BCUT2D eigenvalue weighted by molar-refractivity contribution is -0.140. The van der Waals surface area contributed by atoms with Crippen molar-refractivity contribution >= 4 is 28.4 Å². The van der Waals surface area contributed by atoms with Crippen molar-refractivity contribution in [3.8, 4) is 0 Å². The van der Waals surface area contributed by atoms with Gasteiger partial charge in [0.05, 0.1) is 11.8 Å². The van der Waals surface area contributed by atoms with E-state index in [2.05, 4.69) is 22.5 Å². The molecule has 4 atom stereocenters. The third-order valence-electron chi connectivity index (χ3n) is 6.13.